The van der Waals surface area contributed by atoms with Gasteiger partial charge in [-0.2, -0.15) is 0 Å². The Balaban J connectivity index is 1.44. The molecule has 7 nitrogen and oxygen atoms in total. The van der Waals surface area contributed by atoms with Crippen molar-refractivity contribution in [1.82, 2.24) is 5.32 Å². The molecule has 0 saturated carbocycles. The molecule has 0 saturated heterocycles. The summed E-state index contributed by atoms with van der Waals surface area (Å²) in [6, 6.07) is 12.9. The zero-order valence-corrected chi connectivity index (χ0v) is 18.4. The second-order valence-corrected chi connectivity index (χ2v) is 7.77. The van der Waals surface area contributed by atoms with E-state index in [1.54, 1.807) is 25.1 Å². The molecule has 3 rings (SSSR count). The van der Waals surface area contributed by atoms with E-state index in [0.29, 0.717) is 35.4 Å². The molecule has 2 aromatic carbocycles. The van der Waals surface area contributed by atoms with Crippen molar-refractivity contribution in [3.63, 3.8) is 0 Å². The highest BCUT2D eigenvalue weighted by molar-refractivity contribution is 6.32. The van der Waals surface area contributed by atoms with Gasteiger partial charge < -0.3 is 29.4 Å². The first-order chi connectivity index (χ1) is 15.0. The van der Waals surface area contributed by atoms with E-state index in [1.807, 2.05) is 31.2 Å². The zero-order valence-electron chi connectivity index (χ0n) is 17.7. The summed E-state index contributed by atoms with van der Waals surface area (Å²) in [5.41, 5.74) is 1.05. The summed E-state index contributed by atoms with van der Waals surface area (Å²) in [6.45, 7) is 4.75. The van der Waals surface area contributed by atoms with Gasteiger partial charge in [0.05, 0.1) is 11.6 Å². The van der Waals surface area contributed by atoms with Gasteiger partial charge >= 0.3 is 5.97 Å². The Bertz CT molecular complexity index is 877. The number of ether oxygens (including phenoxy) is 4. The molecule has 0 aromatic heterocycles. The van der Waals surface area contributed by atoms with Crippen molar-refractivity contribution in [3.8, 4) is 17.2 Å². The molecule has 1 aliphatic heterocycles. The van der Waals surface area contributed by atoms with Crippen LogP contribution in [0.1, 0.15) is 19.4 Å². The second-order valence-electron chi connectivity index (χ2n) is 7.36. The van der Waals surface area contributed by atoms with Crippen LogP contribution in [-0.2, 0) is 16.0 Å². The van der Waals surface area contributed by atoms with E-state index in [9.17, 15) is 9.90 Å². The van der Waals surface area contributed by atoms with Gasteiger partial charge in [0, 0.05) is 12.6 Å². The van der Waals surface area contributed by atoms with E-state index < -0.39 is 18.2 Å². The number of hydrogen-bond acceptors (Lipinski definition) is 7. The molecular formula is C23H28ClNO6. The Hall–Kier alpha value is -2.48. The van der Waals surface area contributed by atoms with Crippen LogP contribution in [0.2, 0.25) is 5.02 Å². The zero-order chi connectivity index (χ0) is 22.2. The largest absolute Gasteiger partial charge is 0.489 e. The number of fused-ring (bicyclic) bond motifs is 1. The minimum atomic E-state index is -0.742. The van der Waals surface area contributed by atoms with Gasteiger partial charge in [0.2, 0.25) is 6.10 Å². The molecule has 8 heteroatoms. The summed E-state index contributed by atoms with van der Waals surface area (Å²) >= 11 is 6.05. The lowest BCUT2D eigenvalue weighted by Gasteiger charge is -2.25. The lowest BCUT2D eigenvalue weighted by Crippen LogP contribution is -2.38. The van der Waals surface area contributed by atoms with E-state index in [4.69, 9.17) is 30.5 Å². The first-order valence-corrected chi connectivity index (χ1v) is 10.7. The van der Waals surface area contributed by atoms with E-state index in [2.05, 4.69) is 5.32 Å². The number of rotatable bonds is 10. The van der Waals surface area contributed by atoms with Gasteiger partial charge in [0.15, 0.2) is 11.5 Å². The predicted molar refractivity (Wildman–Crippen MR) is 117 cm³/mol. The Kier molecular flexibility index (Phi) is 8.40. The van der Waals surface area contributed by atoms with Crippen molar-refractivity contribution in [1.29, 1.82) is 0 Å². The molecule has 1 heterocycles. The maximum absolute atomic E-state index is 11.8. The molecule has 2 aromatic rings. The van der Waals surface area contributed by atoms with E-state index in [0.717, 1.165) is 12.0 Å². The fourth-order valence-electron chi connectivity index (χ4n) is 3.16. The van der Waals surface area contributed by atoms with Gasteiger partial charge in [-0.05, 0) is 50.1 Å². The van der Waals surface area contributed by atoms with Crippen LogP contribution in [0, 0.1) is 0 Å². The number of benzene rings is 2. The van der Waals surface area contributed by atoms with Gasteiger partial charge in [0.25, 0.3) is 0 Å². The van der Waals surface area contributed by atoms with E-state index in [-0.39, 0.29) is 19.3 Å². The van der Waals surface area contributed by atoms with Gasteiger partial charge in [-0.1, -0.05) is 29.8 Å². The van der Waals surface area contributed by atoms with Gasteiger partial charge in [-0.15, -0.1) is 0 Å². The topological polar surface area (TPSA) is 86.3 Å². The molecule has 0 bridgehead atoms. The van der Waals surface area contributed by atoms with Crippen LogP contribution in [0.25, 0.3) is 0 Å². The standard InChI is InChI=1S/C23H28ClNO6/c1-3-28-23(27)22-14-30-21-11-16(8-9-20(21)31-22)10-15(2)25-12-17(26)13-29-19-7-5-4-6-18(19)24/h4-9,11,15,17,22,25-26H,3,10,12-14H2,1-2H3/t15-,17+,22?/m1/s1. The maximum atomic E-state index is 11.8. The summed E-state index contributed by atoms with van der Waals surface area (Å²) in [5, 5.41) is 14.0. The highest BCUT2D eigenvalue weighted by atomic mass is 35.5. The molecule has 0 amide bonds. The second kappa shape index (κ2) is 11.2. The van der Waals surface area contributed by atoms with E-state index in [1.165, 1.54) is 0 Å². The van der Waals surface area contributed by atoms with Crippen molar-refractivity contribution >= 4 is 17.6 Å². The van der Waals surface area contributed by atoms with Crippen LogP contribution in [0.4, 0.5) is 0 Å². The number of aliphatic hydroxyl groups excluding tert-OH is 1. The van der Waals surface area contributed by atoms with Gasteiger partial charge in [-0.25, -0.2) is 4.79 Å². The lowest BCUT2D eigenvalue weighted by molar-refractivity contribution is -0.153. The van der Waals surface area contributed by atoms with Crippen molar-refractivity contribution in [3.05, 3.63) is 53.1 Å². The number of halogens is 1. The van der Waals surface area contributed by atoms with Crippen molar-refractivity contribution in [2.75, 3.05) is 26.4 Å². The third kappa shape index (κ3) is 6.75. The number of nitrogens with one attached hydrogen (secondary N) is 1. The molecule has 1 unspecified atom stereocenters. The predicted octanol–water partition coefficient (Wildman–Crippen LogP) is 3.00. The summed E-state index contributed by atoms with van der Waals surface area (Å²) in [6.07, 6.45) is -0.678. The molecule has 2 N–H and O–H groups in total. The monoisotopic (exact) mass is 449 g/mol. The Morgan fingerprint density at radius 1 is 1.29 bits per heavy atom. The molecule has 3 atom stereocenters. The number of aliphatic hydroxyl groups is 1. The third-order valence-corrected chi connectivity index (χ3v) is 5.04. The number of carbonyl (C=O) groups excluding carboxylic acids is 1. The number of esters is 1. The van der Waals surface area contributed by atoms with Crippen LogP contribution in [-0.4, -0.2) is 55.7 Å². The minimum Gasteiger partial charge on any atom is -0.489 e. The average molecular weight is 450 g/mol. The van der Waals surface area contributed by atoms with Gasteiger partial charge in [-0.3, -0.25) is 0 Å². The first kappa shape index (κ1) is 23.2. The quantitative estimate of drug-likeness (QED) is 0.539. The molecule has 0 radical (unpaired) electrons. The molecule has 0 aliphatic carbocycles. The SMILES string of the molecule is CCOC(=O)C1COc2cc(C[C@@H](C)NC[C@H](O)COc3ccccc3Cl)ccc2O1. The van der Waals surface area contributed by atoms with Crippen LogP contribution >= 0.6 is 11.6 Å². The Morgan fingerprint density at radius 2 is 2.10 bits per heavy atom. The average Bonchev–Trinajstić information content (AvgIpc) is 2.77. The Labute approximate surface area is 187 Å². The lowest BCUT2D eigenvalue weighted by atomic mass is 10.1. The van der Waals surface area contributed by atoms with E-state index >= 15 is 0 Å². The summed E-state index contributed by atoms with van der Waals surface area (Å²) in [5.74, 6) is 1.27. The van der Waals surface area contributed by atoms with Crippen molar-refractivity contribution < 1.29 is 28.8 Å². The first-order valence-electron chi connectivity index (χ1n) is 10.3. The Morgan fingerprint density at radius 3 is 2.87 bits per heavy atom. The summed E-state index contributed by atoms with van der Waals surface area (Å²) in [4.78, 5) is 11.8. The number of para-hydroxylation sites is 1. The normalized spacial score (nSPS) is 17.0. The molecule has 0 fully saturated rings. The van der Waals surface area contributed by atoms with Crippen LogP contribution < -0.4 is 19.5 Å². The smallest absolute Gasteiger partial charge is 0.350 e. The number of carbonyl (C=O) groups is 1. The fourth-order valence-corrected chi connectivity index (χ4v) is 3.35. The molecule has 31 heavy (non-hydrogen) atoms. The molecule has 1 aliphatic rings. The molecule has 0 spiro atoms. The number of hydrogen-bond donors (Lipinski definition) is 2. The van der Waals surface area contributed by atoms with Crippen LogP contribution in [0.15, 0.2) is 42.5 Å². The highest BCUT2D eigenvalue weighted by Gasteiger charge is 2.28. The summed E-state index contributed by atoms with van der Waals surface area (Å²) in [7, 11) is 0. The third-order valence-electron chi connectivity index (χ3n) is 4.73. The summed E-state index contributed by atoms with van der Waals surface area (Å²) < 4.78 is 21.9. The van der Waals surface area contributed by atoms with Crippen LogP contribution in [0.5, 0.6) is 17.2 Å². The fraction of sp³-hybridized carbons (Fsp3) is 0.435. The van der Waals surface area contributed by atoms with Crippen molar-refractivity contribution in [2.24, 2.45) is 0 Å². The van der Waals surface area contributed by atoms with Gasteiger partial charge in [0.1, 0.15) is 25.1 Å². The minimum absolute atomic E-state index is 0.116. The highest BCUT2D eigenvalue weighted by Crippen LogP contribution is 2.33. The maximum Gasteiger partial charge on any atom is 0.350 e. The molecule has 168 valence electrons. The van der Waals surface area contributed by atoms with Crippen LogP contribution in [0.3, 0.4) is 0 Å². The molecular weight excluding hydrogens is 422 g/mol. The van der Waals surface area contributed by atoms with Crippen molar-refractivity contribution in [2.45, 2.75) is 38.5 Å².